The Morgan fingerprint density at radius 3 is 2.75 bits per heavy atom. The predicted molar refractivity (Wildman–Crippen MR) is 55.6 cm³/mol. The topological polar surface area (TPSA) is 68.2 Å². The molecule has 2 rings (SSSR count). The van der Waals surface area contributed by atoms with E-state index in [4.69, 9.17) is 14.2 Å². The van der Waals surface area contributed by atoms with E-state index in [9.17, 15) is 10.2 Å². The van der Waals surface area contributed by atoms with Gasteiger partial charge in [0.2, 0.25) is 0 Å². The van der Waals surface area contributed by atoms with Crippen molar-refractivity contribution in [3.63, 3.8) is 0 Å². The van der Waals surface area contributed by atoms with Gasteiger partial charge in [0.15, 0.2) is 12.1 Å². The molecule has 2 bridgehead atoms. The molecule has 0 aromatic carbocycles. The molecule has 0 aromatic heterocycles. The summed E-state index contributed by atoms with van der Waals surface area (Å²) in [5.41, 5.74) is -0.808. The van der Waals surface area contributed by atoms with Gasteiger partial charge in [-0.15, -0.1) is 0 Å². The molecule has 0 aromatic rings. The van der Waals surface area contributed by atoms with Crippen molar-refractivity contribution in [1.29, 1.82) is 0 Å². The van der Waals surface area contributed by atoms with Gasteiger partial charge in [0.05, 0.1) is 19.3 Å². The van der Waals surface area contributed by atoms with Crippen molar-refractivity contribution in [3.05, 3.63) is 0 Å². The van der Waals surface area contributed by atoms with Crippen molar-refractivity contribution in [2.45, 2.75) is 51.0 Å². The molecule has 5 nitrogen and oxygen atoms in total. The fourth-order valence-corrected chi connectivity index (χ4v) is 2.32. The lowest BCUT2D eigenvalue weighted by atomic mass is 9.88. The van der Waals surface area contributed by atoms with Crippen LogP contribution in [0.3, 0.4) is 0 Å². The van der Waals surface area contributed by atoms with Gasteiger partial charge in [-0.05, 0) is 20.3 Å². The van der Waals surface area contributed by atoms with Crippen LogP contribution in [-0.4, -0.2) is 47.2 Å². The maximum absolute atomic E-state index is 9.69. The van der Waals surface area contributed by atoms with E-state index in [2.05, 4.69) is 0 Å². The van der Waals surface area contributed by atoms with Crippen LogP contribution in [0, 0.1) is 5.92 Å². The lowest BCUT2D eigenvalue weighted by Crippen LogP contribution is -2.56. The predicted octanol–water partition coefficient (Wildman–Crippen LogP) is 0.244. The van der Waals surface area contributed by atoms with Gasteiger partial charge in [-0.2, -0.15) is 0 Å². The van der Waals surface area contributed by atoms with Crippen LogP contribution in [0.5, 0.6) is 0 Å². The molecule has 0 aliphatic carbocycles. The highest BCUT2D eigenvalue weighted by Crippen LogP contribution is 2.41. The number of aliphatic hydroxyl groups is 2. The number of rotatable bonds is 3. The molecule has 94 valence electrons. The Bertz CT molecular complexity index is 262. The molecule has 2 fully saturated rings. The molecule has 2 aliphatic rings. The second-order valence-electron chi connectivity index (χ2n) is 5.29. The average Bonchev–Trinajstić information content (AvgIpc) is 2.55. The van der Waals surface area contributed by atoms with Crippen LogP contribution < -0.4 is 0 Å². The van der Waals surface area contributed by atoms with Crippen LogP contribution in [0.4, 0.5) is 0 Å². The molecule has 2 heterocycles. The Kier molecular flexibility index (Phi) is 3.01. The molecule has 2 N–H and O–H groups in total. The van der Waals surface area contributed by atoms with Crippen molar-refractivity contribution in [2.24, 2.45) is 5.92 Å². The monoisotopic (exact) mass is 232 g/mol. The minimum absolute atomic E-state index is 0.156. The molecule has 4 atom stereocenters. The molecule has 2 aliphatic heterocycles. The van der Waals surface area contributed by atoms with Crippen LogP contribution in [0.15, 0.2) is 0 Å². The standard InChI is InChI=1S/C11H20O5/c1-7-4-8(15-10(2,3)13)11(5-12)6-14-9(7)16-11/h7-9,12-13H,4-6H2,1-3H3/t7-,8-,9+,11+/m1/s1. The Balaban J connectivity index is 2.15. The third kappa shape index (κ3) is 2.10. The summed E-state index contributed by atoms with van der Waals surface area (Å²) in [4.78, 5) is 0. The first-order valence-corrected chi connectivity index (χ1v) is 5.67. The first-order valence-electron chi connectivity index (χ1n) is 5.67. The normalized spacial score (nSPS) is 43.7. The molecule has 0 saturated carbocycles. The number of hydrogen-bond donors (Lipinski definition) is 2. The molecular weight excluding hydrogens is 212 g/mol. The molecule has 5 heteroatoms. The highest BCUT2D eigenvalue weighted by Gasteiger charge is 2.55. The van der Waals surface area contributed by atoms with E-state index in [0.717, 1.165) is 6.42 Å². The minimum atomic E-state index is -1.23. The summed E-state index contributed by atoms with van der Waals surface area (Å²) in [6.07, 6.45) is 0.120. The maximum atomic E-state index is 9.69. The van der Waals surface area contributed by atoms with Gasteiger partial charge >= 0.3 is 0 Å². The van der Waals surface area contributed by atoms with E-state index in [1.54, 1.807) is 13.8 Å². The highest BCUT2D eigenvalue weighted by molar-refractivity contribution is 4.99. The third-order valence-corrected chi connectivity index (χ3v) is 3.18. The Hall–Kier alpha value is -0.200. The van der Waals surface area contributed by atoms with Crippen molar-refractivity contribution in [1.82, 2.24) is 0 Å². The van der Waals surface area contributed by atoms with Gasteiger partial charge in [-0.25, -0.2) is 0 Å². The zero-order chi connectivity index (χ0) is 12.0. The number of aliphatic hydroxyl groups excluding tert-OH is 1. The van der Waals surface area contributed by atoms with E-state index in [-0.39, 0.29) is 24.9 Å². The summed E-state index contributed by atoms with van der Waals surface area (Å²) >= 11 is 0. The molecule has 0 amide bonds. The first kappa shape index (κ1) is 12.3. The minimum Gasteiger partial charge on any atom is -0.393 e. The molecule has 2 saturated heterocycles. The van der Waals surface area contributed by atoms with Crippen LogP contribution >= 0.6 is 0 Å². The van der Waals surface area contributed by atoms with Crippen molar-refractivity contribution < 1.29 is 24.4 Å². The summed E-state index contributed by atoms with van der Waals surface area (Å²) in [5, 5.41) is 19.1. The van der Waals surface area contributed by atoms with Gasteiger partial charge < -0.3 is 24.4 Å². The largest absolute Gasteiger partial charge is 0.393 e. The van der Waals surface area contributed by atoms with Crippen molar-refractivity contribution in [2.75, 3.05) is 13.2 Å². The second-order valence-corrected chi connectivity index (χ2v) is 5.29. The van der Waals surface area contributed by atoms with Gasteiger partial charge in [-0.3, -0.25) is 0 Å². The lowest BCUT2D eigenvalue weighted by Gasteiger charge is -2.42. The van der Waals surface area contributed by atoms with Crippen LogP contribution in [0.25, 0.3) is 0 Å². The molecule has 0 radical (unpaired) electrons. The third-order valence-electron chi connectivity index (χ3n) is 3.18. The van der Waals surface area contributed by atoms with Crippen molar-refractivity contribution in [3.8, 4) is 0 Å². The van der Waals surface area contributed by atoms with Gasteiger partial charge in [0, 0.05) is 5.92 Å². The maximum Gasteiger partial charge on any atom is 0.161 e. The Morgan fingerprint density at radius 1 is 1.50 bits per heavy atom. The SMILES string of the molecule is C[C@@H]1C[C@@H](OC(C)(C)O)[C@]2(CO)CO[C@H]1O2. The fourth-order valence-electron chi connectivity index (χ4n) is 2.32. The van der Waals surface area contributed by atoms with Gasteiger partial charge in [-0.1, -0.05) is 6.92 Å². The van der Waals surface area contributed by atoms with E-state index < -0.39 is 11.4 Å². The zero-order valence-corrected chi connectivity index (χ0v) is 9.97. The number of fused-ring (bicyclic) bond motifs is 2. The van der Waals surface area contributed by atoms with Crippen LogP contribution in [-0.2, 0) is 14.2 Å². The zero-order valence-electron chi connectivity index (χ0n) is 9.97. The molecule has 0 unspecified atom stereocenters. The van der Waals surface area contributed by atoms with Gasteiger partial charge in [0.1, 0.15) is 5.60 Å². The summed E-state index contributed by atoms with van der Waals surface area (Å²) < 4.78 is 16.7. The van der Waals surface area contributed by atoms with E-state index >= 15 is 0 Å². The quantitative estimate of drug-likeness (QED) is 0.682. The van der Waals surface area contributed by atoms with E-state index in [1.165, 1.54) is 0 Å². The molecule has 0 spiro atoms. The second kappa shape index (κ2) is 3.92. The Labute approximate surface area is 95.3 Å². The summed E-state index contributed by atoms with van der Waals surface area (Å²) in [7, 11) is 0. The smallest absolute Gasteiger partial charge is 0.161 e. The molecular formula is C11H20O5. The molecule has 16 heavy (non-hydrogen) atoms. The number of ether oxygens (including phenoxy) is 3. The van der Waals surface area contributed by atoms with E-state index in [1.807, 2.05) is 6.92 Å². The van der Waals surface area contributed by atoms with Crippen LogP contribution in [0.1, 0.15) is 27.2 Å². The Morgan fingerprint density at radius 2 is 2.19 bits per heavy atom. The average molecular weight is 232 g/mol. The summed E-state index contributed by atoms with van der Waals surface area (Å²) in [6, 6.07) is 0. The lowest BCUT2D eigenvalue weighted by molar-refractivity contribution is -0.282. The van der Waals surface area contributed by atoms with E-state index in [0.29, 0.717) is 6.61 Å². The van der Waals surface area contributed by atoms with Crippen molar-refractivity contribution >= 4 is 0 Å². The highest BCUT2D eigenvalue weighted by atomic mass is 16.8. The first-order chi connectivity index (χ1) is 7.36. The fraction of sp³-hybridized carbons (Fsp3) is 1.00. The van der Waals surface area contributed by atoms with Crippen LogP contribution in [0.2, 0.25) is 0 Å². The van der Waals surface area contributed by atoms with Gasteiger partial charge in [0.25, 0.3) is 0 Å². The summed E-state index contributed by atoms with van der Waals surface area (Å²) in [5.74, 6) is -1.03. The summed E-state index contributed by atoms with van der Waals surface area (Å²) in [6.45, 7) is 5.32. The number of hydrogen-bond acceptors (Lipinski definition) is 5.